The number of hydrogen-bond acceptors (Lipinski definition) is 3. The number of carbonyl (C=O) groups is 1. The van der Waals surface area contributed by atoms with Gasteiger partial charge in [-0.3, -0.25) is 5.32 Å². The fourth-order valence-corrected chi connectivity index (χ4v) is 3.84. The van der Waals surface area contributed by atoms with E-state index < -0.39 is 0 Å². The number of amides is 2. The fraction of sp³-hybridized carbons (Fsp3) is 0.474. The quantitative estimate of drug-likeness (QED) is 0.896. The second-order valence-corrected chi connectivity index (χ2v) is 6.74. The minimum atomic E-state index is -0.216. The first-order chi connectivity index (χ1) is 12.3. The molecule has 1 atom stereocenters. The maximum Gasteiger partial charge on any atom is 0.320 e. The van der Waals surface area contributed by atoms with Crippen molar-refractivity contribution in [2.24, 2.45) is 0 Å². The molecule has 1 saturated carbocycles. The highest BCUT2D eigenvalue weighted by molar-refractivity contribution is 5.88. The third kappa shape index (κ3) is 3.54. The predicted molar refractivity (Wildman–Crippen MR) is 95.6 cm³/mol. The summed E-state index contributed by atoms with van der Waals surface area (Å²) < 4.78 is 7.78. The van der Waals surface area contributed by atoms with Gasteiger partial charge in [-0.05, 0) is 30.4 Å². The van der Waals surface area contributed by atoms with Crippen LogP contribution in [0.1, 0.15) is 49.0 Å². The zero-order valence-electron chi connectivity index (χ0n) is 14.3. The van der Waals surface area contributed by atoms with Crippen LogP contribution < -0.4 is 10.6 Å². The van der Waals surface area contributed by atoms with Crippen LogP contribution in [0.25, 0.3) is 0 Å². The molecule has 0 radical (unpaired) electrons. The van der Waals surface area contributed by atoms with Crippen molar-refractivity contribution in [3.63, 3.8) is 0 Å². The van der Waals surface area contributed by atoms with E-state index in [2.05, 4.69) is 27.9 Å². The summed E-state index contributed by atoms with van der Waals surface area (Å²) in [5.74, 6) is 0.759. The van der Waals surface area contributed by atoms with Gasteiger partial charge < -0.3 is 10.1 Å². The Morgan fingerprint density at radius 3 is 2.96 bits per heavy atom. The summed E-state index contributed by atoms with van der Waals surface area (Å²) in [5, 5.41) is 10.2. The number of urea groups is 1. The molecule has 6 heteroatoms. The van der Waals surface area contributed by atoms with E-state index in [0.29, 0.717) is 19.2 Å². The average molecular weight is 340 g/mol. The number of hydrogen-bond donors (Lipinski definition) is 2. The van der Waals surface area contributed by atoms with E-state index in [1.807, 2.05) is 22.9 Å². The molecule has 1 aliphatic carbocycles. The highest BCUT2D eigenvalue weighted by atomic mass is 16.5. The van der Waals surface area contributed by atoms with E-state index in [-0.39, 0.29) is 12.1 Å². The molecule has 2 aliphatic rings. The molecule has 0 saturated heterocycles. The molecule has 6 nitrogen and oxygen atoms in total. The smallest absolute Gasteiger partial charge is 0.320 e. The van der Waals surface area contributed by atoms with Gasteiger partial charge in [0.15, 0.2) is 0 Å². The Hall–Kier alpha value is -2.34. The number of benzene rings is 1. The van der Waals surface area contributed by atoms with Gasteiger partial charge in [0.05, 0.1) is 18.8 Å². The van der Waals surface area contributed by atoms with Gasteiger partial charge in [-0.15, -0.1) is 0 Å². The number of ether oxygens (including phenoxy) is 1. The highest BCUT2D eigenvalue weighted by Crippen LogP contribution is 2.31. The zero-order chi connectivity index (χ0) is 17.1. The monoisotopic (exact) mass is 340 g/mol. The maximum absolute atomic E-state index is 12.3. The SMILES string of the molecule is O=C(NCC1OCCc2ccccc21)Nc1ccnn1C1CCCC1. The van der Waals surface area contributed by atoms with Gasteiger partial charge in [0.1, 0.15) is 11.9 Å². The molecule has 1 aromatic heterocycles. The van der Waals surface area contributed by atoms with Crippen LogP contribution in [0.15, 0.2) is 36.5 Å². The Labute approximate surface area is 147 Å². The number of aromatic nitrogens is 2. The summed E-state index contributed by atoms with van der Waals surface area (Å²) in [7, 11) is 0. The van der Waals surface area contributed by atoms with Crippen molar-refractivity contribution in [2.45, 2.75) is 44.2 Å². The van der Waals surface area contributed by atoms with Crippen molar-refractivity contribution in [2.75, 3.05) is 18.5 Å². The van der Waals surface area contributed by atoms with Crippen LogP contribution in [0.2, 0.25) is 0 Å². The van der Waals surface area contributed by atoms with Crippen molar-refractivity contribution in [3.8, 4) is 0 Å². The number of fused-ring (bicyclic) bond motifs is 1. The molecule has 1 unspecified atom stereocenters. The predicted octanol–water partition coefficient (Wildman–Crippen LogP) is 3.43. The van der Waals surface area contributed by atoms with Gasteiger partial charge in [0.2, 0.25) is 0 Å². The van der Waals surface area contributed by atoms with Crippen molar-refractivity contribution in [1.29, 1.82) is 0 Å². The molecule has 0 bridgehead atoms. The van der Waals surface area contributed by atoms with Gasteiger partial charge in [-0.25, -0.2) is 9.48 Å². The number of nitrogens with zero attached hydrogens (tertiary/aromatic N) is 2. The lowest BCUT2D eigenvalue weighted by Crippen LogP contribution is -2.35. The third-order valence-electron chi connectivity index (χ3n) is 5.12. The van der Waals surface area contributed by atoms with E-state index in [1.54, 1.807) is 6.20 Å². The molecule has 1 aliphatic heterocycles. The van der Waals surface area contributed by atoms with Crippen LogP contribution in [-0.2, 0) is 11.2 Å². The van der Waals surface area contributed by atoms with Crippen molar-refractivity contribution >= 4 is 11.8 Å². The Bertz CT molecular complexity index is 737. The molecular formula is C19H24N4O2. The molecule has 2 aromatic rings. The van der Waals surface area contributed by atoms with Crippen molar-refractivity contribution in [1.82, 2.24) is 15.1 Å². The van der Waals surface area contributed by atoms with Gasteiger partial charge in [-0.2, -0.15) is 5.10 Å². The Balaban J connectivity index is 1.35. The second kappa shape index (κ2) is 7.27. The fourth-order valence-electron chi connectivity index (χ4n) is 3.84. The molecule has 2 N–H and O–H groups in total. The first-order valence-corrected chi connectivity index (χ1v) is 9.09. The highest BCUT2D eigenvalue weighted by Gasteiger charge is 2.22. The maximum atomic E-state index is 12.3. The second-order valence-electron chi connectivity index (χ2n) is 6.74. The van der Waals surface area contributed by atoms with E-state index in [0.717, 1.165) is 25.1 Å². The Morgan fingerprint density at radius 2 is 2.08 bits per heavy atom. The molecule has 132 valence electrons. The first-order valence-electron chi connectivity index (χ1n) is 9.09. The summed E-state index contributed by atoms with van der Waals surface area (Å²) in [5.41, 5.74) is 2.48. The topological polar surface area (TPSA) is 68.2 Å². The number of rotatable bonds is 4. The zero-order valence-corrected chi connectivity index (χ0v) is 14.3. The van der Waals surface area contributed by atoms with Gasteiger partial charge in [0, 0.05) is 12.6 Å². The first kappa shape index (κ1) is 16.1. The molecule has 1 aromatic carbocycles. The number of carbonyl (C=O) groups excluding carboxylic acids is 1. The van der Waals surface area contributed by atoms with Crippen molar-refractivity contribution < 1.29 is 9.53 Å². The summed E-state index contributed by atoms with van der Waals surface area (Å²) in [6, 6.07) is 10.3. The van der Waals surface area contributed by atoms with Crippen LogP contribution in [-0.4, -0.2) is 29.0 Å². The van der Waals surface area contributed by atoms with Crippen LogP contribution in [0.5, 0.6) is 0 Å². The van der Waals surface area contributed by atoms with Crippen LogP contribution in [0.3, 0.4) is 0 Å². The number of anilines is 1. The number of nitrogens with one attached hydrogen (secondary N) is 2. The van der Waals surface area contributed by atoms with Crippen LogP contribution in [0.4, 0.5) is 10.6 Å². The third-order valence-corrected chi connectivity index (χ3v) is 5.12. The van der Waals surface area contributed by atoms with Crippen molar-refractivity contribution in [3.05, 3.63) is 47.7 Å². The molecule has 2 heterocycles. The standard InChI is InChI=1S/C19H24N4O2/c24-19(22-18-9-11-21-23(18)15-6-2-3-7-15)20-13-17-16-8-4-1-5-14(16)10-12-25-17/h1,4-5,8-9,11,15,17H,2-3,6-7,10,12-13H2,(H2,20,22,24). The van der Waals surface area contributed by atoms with E-state index in [1.165, 1.54) is 24.0 Å². The molecular weight excluding hydrogens is 316 g/mol. The van der Waals surface area contributed by atoms with E-state index in [9.17, 15) is 4.79 Å². The van der Waals surface area contributed by atoms with Crippen LogP contribution >= 0.6 is 0 Å². The van der Waals surface area contributed by atoms with Gasteiger partial charge in [-0.1, -0.05) is 37.1 Å². The molecule has 4 rings (SSSR count). The Kier molecular flexibility index (Phi) is 4.70. The van der Waals surface area contributed by atoms with Gasteiger partial charge in [0.25, 0.3) is 0 Å². The summed E-state index contributed by atoms with van der Waals surface area (Å²) >= 11 is 0. The lowest BCUT2D eigenvalue weighted by Gasteiger charge is -2.26. The summed E-state index contributed by atoms with van der Waals surface area (Å²) in [6.07, 6.45) is 7.31. The average Bonchev–Trinajstić information content (AvgIpc) is 3.31. The lowest BCUT2D eigenvalue weighted by atomic mass is 9.98. The van der Waals surface area contributed by atoms with Gasteiger partial charge >= 0.3 is 6.03 Å². The normalized spacial score (nSPS) is 20.2. The largest absolute Gasteiger partial charge is 0.371 e. The van der Waals surface area contributed by atoms with E-state index >= 15 is 0 Å². The minimum Gasteiger partial charge on any atom is -0.371 e. The Morgan fingerprint density at radius 1 is 1.24 bits per heavy atom. The molecule has 25 heavy (non-hydrogen) atoms. The molecule has 2 amide bonds. The molecule has 0 spiro atoms. The van der Waals surface area contributed by atoms with Crippen LogP contribution in [0, 0.1) is 0 Å². The van der Waals surface area contributed by atoms with E-state index in [4.69, 9.17) is 4.74 Å². The summed E-state index contributed by atoms with van der Waals surface area (Å²) in [6.45, 7) is 1.15. The summed E-state index contributed by atoms with van der Waals surface area (Å²) in [4.78, 5) is 12.3. The molecule has 1 fully saturated rings. The lowest BCUT2D eigenvalue weighted by molar-refractivity contribution is 0.0444. The minimum absolute atomic E-state index is 0.0876.